The van der Waals surface area contributed by atoms with Gasteiger partial charge >= 0.3 is 5.97 Å². The molecule has 1 unspecified atom stereocenters. The zero-order valence-electron chi connectivity index (χ0n) is 15.9. The SMILES string of the molecule is CCOC(=O)c1cc(C(C)c2ccccc2)sc1NC(=O)c1cc(F)ccc1F. The van der Waals surface area contributed by atoms with Gasteiger partial charge < -0.3 is 10.1 Å². The van der Waals surface area contributed by atoms with Gasteiger partial charge in [-0.05, 0) is 36.8 Å². The van der Waals surface area contributed by atoms with Crippen molar-refractivity contribution >= 4 is 28.2 Å². The molecule has 0 aliphatic carbocycles. The Kier molecular flexibility index (Phi) is 6.39. The molecule has 0 radical (unpaired) electrons. The van der Waals surface area contributed by atoms with E-state index in [1.165, 1.54) is 11.3 Å². The lowest BCUT2D eigenvalue weighted by Gasteiger charge is -2.09. The van der Waals surface area contributed by atoms with Crippen LogP contribution in [0.2, 0.25) is 0 Å². The highest BCUT2D eigenvalue weighted by atomic mass is 32.1. The van der Waals surface area contributed by atoms with E-state index in [1.54, 1.807) is 13.0 Å². The van der Waals surface area contributed by atoms with Crippen LogP contribution >= 0.6 is 11.3 Å². The molecule has 2 aromatic carbocycles. The number of carbonyl (C=O) groups excluding carboxylic acids is 2. The fourth-order valence-electron chi connectivity index (χ4n) is 2.82. The number of hydrogen-bond acceptors (Lipinski definition) is 4. The predicted octanol–water partition coefficient (Wildman–Crippen LogP) is 5.61. The summed E-state index contributed by atoms with van der Waals surface area (Å²) in [5, 5.41) is 2.76. The number of thiophene rings is 1. The number of carbonyl (C=O) groups is 2. The van der Waals surface area contributed by atoms with Crippen LogP contribution in [0.4, 0.5) is 13.8 Å². The second-order valence-electron chi connectivity index (χ2n) is 6.32. The zero-order chi connectivity index (χ0) is 21.0. The van der Waals surface area contributed by atoms with Gasteiger partial charge in [-0.25, -0.2) is 13.6 Å². The second kappa shape index (κ2) is 8.96. The summed E-state index contributed by atoms with van der Waals surface area (Å²) < 4.78 is 32.5. The van der Waals surface area contributed by atoms with Crippen LogP contribution < -0.4 is 5.32 Å². The predicted molar refractivity (Wildman–Crippen MR) is 109 cm³/mol. The molecule has 1 amide bonds. The minimum Gasteiger partial charge on any atom is -0.462 e. The van der Waals surface area contributed by atoms with Gasteiger partial charge in [-0.3, -0.25) is 4.79 Å². The molecule has 0 fully saturated rings. The number of esters is 1. The zero-order valence-corrected chi connectivity index (χ0v) is 16.7. The number of amides is 1. The fraction of sp³-hybridized carbons (Fsp3) is 0.182. The van der Waals surface area contributed by atoms with Crippen molar-refractivity contribution in [2.75, 3.05) is 11.9 Å². The highest BCUT2D eigenvalue weighted by Crippen LogP contribution is 2.36. The third-order valence-electron chi connectivity index (χ3n) is 4.37. The first-order valence-corrected chi connectivity index (χ1v) is 9.84. The molecule has 0 aliphatic rings. The molecule has 0 saturated carbocycles. The van der Waals surface area contributed by atoms with Gasteiger partial charge in [0, 0.05) is 10.8 Å². The number of ether oxygens (including phenoxy) is 1. The van der Waals surface area contributed by atoms with Crippen molar-refractivity contribution in [3.63, 3.8) is 0 Å². The highest BCUT2D eigenvalue weighted by molar-refractivity contribution is 7.16. The summed E-state index contributed by atoms with van der Waals surface area (Å²) in [6.07, 6.45) is 0. The van der Waals surface area contributed by atoms with Crippen LogP contribution in [0.25, 0.3) is 0 Å². The summed E-state index contributed by atoms with van der Waals surface area (Å²) in [7, 11) is 0. The third kappa shape index (κ3) is 4.68. The van der Waals surface area contributed by atoms with E-state index in [1.807, 2.05) is 37.3 Å². The highest BCUT2D eigenvalue weighted by Gasteiger charge is 2.23. The van der Waals surface area contributed by atoms with Crippen LogP contribution in [0.3, 0.4) is 0 Å². The quantitative estimate of drug-likeness (QED) is 0.533. The number of benzene rings is 2. The van der Waals surface area contributed by atoms with E-state index in [-0.39, 0.29) is 23.1 Å². The summed E-state index contributed by atoms with van der Waals surface area (Å²) in [5.74, 6) is -3.05. The Bertz CT molecular complexity index is 1030. The Morgan fingerprint density at radius 1 is 1.07 bits per heavy atom. The molecule has 7 heteroatoms. The lowest BCUT2D eigenvalue weighted by molar-refractivity contribution is 0.0528. The maximum Gasteiger partial charge on any atom is 0.341 e. The molecule has 0 aliphatic heterocycles. The third-order valence-corrected chi connectivity index (χ3v) is 5.61. The topological polar surface area (TPSA) is 55.4 Å². The average molecular weight is 415 g/mol. The summed E-state index contributed by atoms with van der Waals surface area (Å²) >= 11 is 1.20. The monoisotopic (exact) mass is 415 g/mol. The van der Waals surface area contributed by atoms with Gasteiger partial charge in [0.15, 0.2) is 0 Å². The molecule has 1 heterocycles. The Labute approximate surface area is 171 Å². The van der Waals surface area contributed by atoms with Crippen molar-refractivity contribution in [3.8, 4) is 0 Å². The molecule has 3 aromatic rings. The maximum atomic E-state index is 13.9. The van der Waals surface area contributed by atoms with Gasteiger partial charge in [0.25, 0.3) is 5.91 Å². The molecule has 1 N–H and O–H groups in total. The van der Waals surface area contributed by atoms with Crippen LogP contribution in [0.15, 0.2) is 54.6 Å². The fourth-order valence-corrected chi connectivity index (χ4v) is 3.95. The standard InChI is InChI=1S/C22H19F2NO3S/c1-3-28-22(27)17-12-19(13(2)14-7-5-4-6-8-14)29-21(17)25-20(26)16-11-15(23)9-10-18(16)24/h4-13H,3H2,1-2H3,(H,25,26). The second-order valence-corrected chi connectivity index (χ2v) is 7.41. The lowest BCUT2D eigenvalue weighted by atomic mass is 9.99. The van der Waals surface area contributed by atoms with Gasteiger partial charge in [0.2, 0.25) is 0 Å². The van der Waals surface area contributed by atoms with E-state index >= 15 is 0 Å². The van der Waals surface area contributed by atoms with Crippen molar-refractivity contribution in [1.82, 2.24) is 0 Å². The maximum absolute atomic E-state index is 13.9. The van der Waals surface area contributed by atoms with E-state index in [0.717, 1.165) is 28.6 Å². The largest absolute Gasteiger partial charge is 0.462 e. The molecule has 0 saturated heterocycles. The van der Waals surface area contributed by atoms with Crippen LogP contribution in [0.1, 0.15) is 50.9 Å². The van der Waals surface area contributed by atoms with Crippen molar-refractivity contribution in [1.29, 1.82) is 0 Å². The number of halogens is 2. The van der Waals surface area contributed by atoms with Gasteiger partial charge in [-0.2, -0.15) is 0 Å². The summed E-state index contributed by atoms with van der Waals surface area (Å²) in [6.45, 7) is 3.83. The number of hydrogen-bond donors (Lipinski definition) is 1. The summed E-state index contributed by atoms with van der Waals surface area (Å²) in [6, 6.07) is 14.0. The van der Waals surface area contributed by atoms with Gasteiger partial charge in [0.05, 0.1) is 17.7 Å². The molecular formula is C22H19F2NO3S. The van der Waals surface area contributed by atoms with Gasteiger partial charge in [-0.1, -0.05) is 37.3 Å². The first kappa shape index (κ1) is 20.7. The minimum absolute atomic E-state index is 0.0362. The number of nitrogens with one attached hydrogen (secondary N) is 1. The molecule has 1 atom stereocenters. The summed E-state index contributed by atoms with van der Waals surface area (Å²) in [5.41, 5.74) is 0.781. The summed E-state index contributed by atoms with van der Waals surface area (Å²) in [4.78, 5) is 25.7. The normalized spacial score (nSPS) is 11.7. The van der Waals surface area contributed by atoms with E-state index in [2.05, 4.69) is 5.32 Å². The van der Waals surface area contributed by atoms with Crippen LogP contribution in [-0.2, 0) is 4.74 Å². The molecule has 0 spiro atoms. The molecule has 4 nitrogen and oxygen atoms in total. The number of rotatable bonds is 6. The van der Waals surface area contributed by atoms with Gasteiger partial charge in [-0.15, -0.1) is 11.3 Å². The lowest BCUT2D eigenvalue weighted by Crippen LogP contribution is -2.15. The Morgan fingerprint density at radius 3 is 2.48 bits per heavy atom. The van der Waals surface area contributed by atoms with E-state index in [0.29, 0.717) is 0 Å². The number of anilines is 1. The van der Waals surface area contributed by atoms with Crippen LogP contribution in [0, 0.1) is 11.6 Å². The van der Waals surface area contributed by atoms with Crippen LogP contribution in [-0.4, -0.2) is 18.5 Å². The molecule has 150 valence electrons. The molecular weight excluding hydrogens is 396 g/mol. The van der Waals surface area contributed by atoms with Crippen molar-refractivity contribution in [2.45, 2.75) is 19.8 Å². The van der Waals surface area contributed by atoms with Crippen LogP contribution in [0.5, 0.6) is 0 Å². The molecule has 0 bridgehead atoms. The van der Waals surface area contributed by atoms with Gasteiger partial charge in [0.1, 0.15) is 16.6 Å². The molecule has 3 rings (SSSR count). The molecule has 29 heavy (non-hydrogen) atoms. The van der Waals surface area contributed by atoms with Crippen molar-refractivity contribution < 1.29 is 23.1 Å². The van der Waals surface area contributed by atoms with E-state index in [4.69, 9.17) is 4.74 Å². The first-order valence-electron chi connectivity index (χ1n) is 9.03. The Hall–Kier alpha value is -3.06. The van der Waals surface area contributed by atoms with Crippen molar-refractivity contribution in [2.24, 2.45) is 0 Å². The first-order chi connectivity index (χ1) is 13.9. The smallest absolute Gasteiger partial charge is 0.341 e. The molecule has 1 aromatic heterocycles. The Balaban J connectivity index is 1.96. The van der Waals surface area contributed by atoms with Crippen molar-refractivity contribution in [3.05, 3.63) is 87.8 Å². The minimum atomic E-state index is -0.851. The van der Waals surface area contributed by atoms with E-state index < -0.39 is 29.1 Å². The van der Waals surface area contributed by atoms with E-state index in [9.17, 15) is 18.4 Å². The Morgan fingerprint density at radius 2 is 1.79 bits per heavy atom. The average Bonchev–Trinajstić information content (AvgIpc) is 3.13.